The van der Waals surface area contributed by atoms with E-state index in [9.17, 15) is 4.79 Å². The summed E-state index contributed by atoms with van der Waals surface area (Å²) >= 11 is 0. The van der Waals surface area contributed by atoms with Gasteiger partial charge in [-0.1, -0.05) is 18.2 Å². The van der Waals surface area contributed by atoms with Gasteiger partial charge in [-0.2, -0.15) is 0 Å². The molecule has 2 amide bonds. The number of fused-ring (bicyclic) bond motifs is 1. The molecule has 1 atom stereocenters. The van der Waals surface area contributed by atoms with Gasteiger partial charge < -0.3 is 25.6 Å². The first-order chi connectivity index (χ1) is 11.3. The van der Waals surface area contributed by atoms with Crippen molar-refractivity contribution in [3.05, 3.63) is 29.8 Å². The minimum absolute atomic E-state index is 0.0399. The monoisotopic (exact) mass is 318 g/mol. The number of hydrogen-bond acceptors (Lipinski definition) is 4. The van der Waals surface area contributed by atoms with Gasteiger partial charge in [0.05, 0.1) is 6.04 Å². The Morgan fingerprint density at radius 3 is 3.00 bits per heavy atom. The topological polar surface area (TPSA) is 65.6 Å². The molecule has 0 aromatic heterocycles. The number of nitrogens with zero attached hydrogens (tertiary/aromatic N) is 1. The molecule has 3 N–H and O–H groups in total. The zero-order valence-corrected chi connectivity index (χ0v) is 13.5. The van der Waals surface area contributed by atoms with Crippen LogP contribution >= 0.6 is 0 Å². The first-order valence-electron chi connectivity index (χ1n) is 8.49. The van der Waals surface area contributed by atoms with Gasteiger partial charge in [-0.3, -0.25) is 0 Å². The fourth-order valence-corrected chi connectivity index (χ4v) is 3.10. The zero-order valence-electron chi connectivity index (χ0n) is 13.5. The number of urea groups is 1. The molecular weight excluding hydrogens is 292 g/mol. The molecule has 0 saturated carbocycles. The second-order valence-electron chi connectivity index (χ2n) is 6.17. The number of hydrogen-bond donors (Lipinski definition) is 3. The Labute approximate surface area is 137 Å². The Bertz CT molecular complexity index is 517. The summed E-state index contributed by atoms with van der Waals surface area (Å²) in [5, 5.41) is 9.29. The lowest BCUT2D eigenvalue weighted by molar-refractivity contribution is 0.212. The van der Waals surface area contributed by atoms with Crippen LogP contribution in [0.3, 0.4) is 0 Å². The lowest BCUT2D eigenvalue weighted by Gasteiger charge is -2.27. The molecule has 1 saturated heterocycles. The molecule has 1 unspecified atom stereocenters. The molecule has 2 aliphatic rings. The fraction of sp³-hybridized carbons (Fsp3) is 0.588. The Morgan fingerprint density at radius 2 is 2.13 bits per heavy atom. The maximum Gasteiger partial charge on any atom is 0.315 e. The van der Waals surface area contributed by atoms with Crippen molar-refractivity contribution in [3.8, 4) is 5.75 Å². The van der Waals surface area contributed by atoms with E-state index in [1.807, 2.05) is 18.2 Å². The number of benzene rings is 1. The quantitative estimate of drug-likeness (QED) is 0.695. The van der Waals surface area contributed by atoms with Gasteiger partial charge in [0.2, 0.25) is 0 Å². The summed E-state index contributed by atoms with van der Waals surface area (Å²) in [5.41, 5.74) is 1.16. The maximum atomic E-state index is 12.0. The molecule has 0 radical (unpaired) electrons. The minimum Gasteiger partial charge on any atom is -0.491 e. The van der Waals surface area contributed by atoms with Gasteiger partial charge in [0.25, 0.3) is 0 Å². The van der Waals surface area contributed by atoms with Crippen LogP contribution in [0.5, 0.6) is 5.75 Å². The second kappa shape index (κ2) is 8.17. The lowest BCUT2D eigenvalue weighted by atomic mass is 10.0. The molecule has 6 heteroatoms. The van der Waals surface area contributed by atoms with E-state index < -0.39 is 0 Å². The van der Waals surface area contributed by atoms with E-state index in [2.05, 4.69) is 26.9 Å². The summed E-state index contributed by atoms with van der Waals surface area (Å²) in [6.45, 7) is 6.62. The Hall–Kier alpha value is -1.79. The van der Waals surface area contributed by atoms with Crippen molar-refractivity contribution in [1.82, 2.24) is 20.9 Å². The van der Waals surface area contributed by atoms with Gasteiger partial charge in [0.15, 0.2) is 0 Å². The van der Waals surface area contributed by atoms with Crippen LogP contribution in [0.25, 0.3) is 0 Å². The molecule has 2 heterocycles. The highest BCUT2D eigenvalue weighted by Crippen LogP contribution is 2.23. The predicted octanol–water partition coefficient (Wildman–Crippen LogP) is 0.585. The summed E-state index contributed by atoms with van der Waals surface area (Å²) in [6.07, 6.45) is 1.81. The molecule has 0 aliphatic carbocycles. The van der Waals surface area contributed by atoms with Crippen LogP contribution in [-0.4, -0.2) is 62.8 Å². The number of nitrogens with one attached hydrogen (secondary N) is 3. The van der Waals surface area contributed by atoms with Crippen molar-refractivity contribution in [2.75, 3.05) is 45.9 Å². The Balaban J connectivity index is 1.32. The predicted molar refractivity (Wildman–Crippen MR) is 89.9 cm³/mol. The van der Waals surface area contributed by atoms with Crippen molar-refractivity contribution in [2.45, 2.75) is 18.9 Å². The highest BCUT2D eigenvalue weighted by atomic mass is 16.5. The number of carbonyl (C=O) groups is 1. The Morgan fingerprint density at radius 1 is 1.30 bits per heavy atom. The average Bonchev–Trinajstić information content (AvgIpc) is 2.59. The molecule has 23 heavy (non-hydrogen) atoms. The van der Waals surface area contributed by atoms with E-state index in [1.165, 1.54) is 0 Å². The van der Waals surface area contributed by atoms with E-state index >= 15 is 0 Å². The molecule has 0 spiro atoms. The third-order valence-corrected chi connectivity index (χ3v) is 4.36. The van der Waals surface area contributed by atoms with E-state index in [0.29, 0.717) is 13.2 Å². The summed E-state index contributed by atoms with van der Waals surface area (Å²) in [7, 11) is 0. The number of piperazine rings is 1. The molecule has 1 aromatic rings. The summed E-state index contributed by atoms with van der Waals surface area (Å²) in [6, 6.07) is 7.94. The van der Waals surface area contributed by atoms with Crippen molar-refractivity contribution in [3.63, 3.8) is 0 Å². The second-order valence-corrected chi connectivity index (χ2v) is 6.17. The molecule has 6 nitrogen and oxygen atoms in total. The molecule has 2 aliphatic heterocycles. The molecular formula is C17H26N4O2. The SMILES string of the molecule is O=C(NCCCN1CCNCC1)NC1COc2ccccc2C1. The van der Waals surface area contributed by atoms with Crippen LogP contribution in [0.15, 0.2) is 24.3 Å². The van der Waals surface area contributed by atoms with Crippen molar-refractivity contribution in [1.29, 1.82) is 0 Å². The van der Waals surface area contributed by atoms with Crippen molar-refractivity contribution in [2.24, 2.45) is 0 Å². The van der Waals surface area contributed by atoms with Crippen LogP contribution in [0, 0.1) is 0 Å². The average molecular weight is 318 g/mol. The zero-order chi connectivity index (χ0) is 15.9. The number of amides is 2. The van der Waals surface area contributed by atoms with Gasteiger partial charge in [-0.15, -0.1) is 0 Å². The number of rotatable bonds is 5. The van der Waals surface area contributed by atoms with E-state index in [0.717, 1.165) is 56.9 Å². The summed E-state index contributed by atoms with van der Waals surface area (Å²) in [5.74, 6) is 0.932. The third-order valence-electron chi connectivity index (χ3n) is 4.36. The first kappa shape index (κ1) is 16.1. The van der Waals surface area contributed by atoms with Crippen molar-refractivity contribution < 1.29 is 9.53 Å². The fourth-order valence-electron chi connectivity index (χ4n) is 3.10. The summed E-state index contributed by atoms with van der Waals surface area (Å²) < 4.78 is 5.69. The maximum absolute atomic E-state index is 12.0. The first-order valence-corrected chi connectivity index (χ1v) is 8.49. The highest BCUT2D eigenvalue weighted by Gasteiger charge is 2.20. The molecule has 1 aromatic carbocycles. The van der Waals surface area contributed by atoms with E-state index in [1.54, 1.807) is 0 Å². The number of ether oxygens (including phenoxy) is 1. The van der Waals surface area contributed by atoms with E-state index in [-0.39, 0.29) is 12.1 Å². The smallest absolute Gasteiger partial charge is 0.315 e. The van der Waals surface area contributed by atoms with Crippen molar-refractivity contribution >= 4 is 6.03 Å². The van der Waals surface area contributed by atoms with Crippen LogP contribution in [0.4, 0.5) is 4.79 Å². The molecule has 0 bridgehead atoms. The largest absolute Gasteiger partial charge is 0.491 e. The summed E-state index contributed by atoms with van der Waals surface area (Å²) in [4.78, 5) is 14.4. The standard InChI is InChI=1S/C17H26N4O2/c22-17(19-6-3-9-21-10-7-18-8-11-21)20-15-12-14-4-1-2-5-16(14)23-13-15/h1-2,4-5,15,18H,3,6-13H2,(H2,19,20,22). The lowest BCUT2D eigenvalue weighted by Crippen LogP contribution is -2.48. The van der Waals surface area contributed by atoms with Gasteiger partial charge in [0, 0.05) is 32.7 Å². The van der Waals surface area contributed by atoms with Crippen LogP contribution < -0.4 is 20.7 Å². The van der Waals surface area contributed by atoms with Gasteiger partial charge in [-0.05, 0) is 31.0 Å². The van der Waals surface area contributed by atoms with Gasteiger partial charge in [0.1, 0.15) is 12.4 Å². The number of carbonyl (C=O) groups excluding carboxylic acids is 1. The minimum atomic E-state index is -0.0988. The molecule has 3 rings (SSSR count). The van der Waals surface area contributed by atoms with Crippen LogP contribution in [0.1, 0.15) is 12.0 Å². The van der Waals surface area contributed by atoms with Crippen LogP contribution in [0.2, 0.25) is 0 Å². The van der Waals surface area contributed by atoms with Crippen LogP contribution in [-0.2, 0) is 6.42 Å². The normalized spacial score (nSPS) is 21.1. The highest BCUT2D eigenvalue weighted by molar-refractivity contribution is 5.74. The van der Waals surface area contributed by atoms with Gasteiger partial charge >= 0.3 is 6.03 Å². The Kier molecular flexibility index (Phi) is 5.71. The third kappa shape index (κ3) is 4.84. The van der Waals surface area contributed by atoms with E-state index in [4.69, 9.17) is 4.74 Å². The number of para-hydroxylation sites is 1. The van der Waals surface area contributed by atoms with Gasteiger partial charge in [-0.25, -0.2) is 4.79 Å². The molecule has 126 valence electrons. The molecule has 1 fully saturated rings.